The average molecular weight is 233 g/mol. The maximum absolute atomic E-state index is 4.21. The molecule has 1 aliphatic rings. The van der Waals surface area contributed by atoms with E-state index in [0.717, 1.165) is 19.4 Å². The molecule has 0 saturated heterocycles. The molecule has 0 spiro atoms. The van der Waals surface area contributed by atoms with Gasteiger partial charge >= 0.3 is 0 Å². The van der Waals surface area contributed by atoms with Gasteiger partial charge in [0.25, 0.3) is 0 Å². The highest BCUT2D eigenvalue weighted by atomic mass is 32.1. The maximum atomic E-state index is 4.21. The standard InChI is InChI=1S/C14H19NS/c1-3-15-13-8-6-12(7-9-13)11(2)14-5-4-10-16-14/h4-6,10,13,15H,2-3,7-9H2,1H3. The normalized spacial score (nSPS) is 20.6. The van der Waals surface area contributed by atoms with Crippen molar-refractivity contribution in [3.63, 3.8) is 0 Å². The van der Waals surface area contributed by atoms with Gasteiger partial charge in [-0.3, -0.25) is 0 Å². The lowest BCUT2D eigenvalue weighted by Gasteiger charge is -2.23. The van der Waals surface area contributed by atoms with Crippen LogP contribution >= 0.6 is 11.3 Å². The third kappa shape index (κ3) is 2.63. The molecule has 1 aliphatic carbocycles. The summed E-state index contributed by atoms with van der Waals surface area (Å²) in [5.41, 5.74) is 2.67. The second-order valence-corrected chi connectivity index (χ2v) is 5.16. The maximum Gasteiger partial charge on any atom is 0.0339 e. The largest absolute Gasteiger partial charge is 0.314 e. The van der Waals surface area contributed by atoms with Crippen LogP contribution in [-0.2, 0) is 0 Å². The monoisotopic (exact) mass is 233 g/mol. The molecule has 1 heterocycles. The molecule has 0 saturated carbocycles. The van der Waals surface area contributed by atoms with Crippen molar-refractivity contribution in [1.29, 1.82) is 0 Å². The Kier molecular flexibility index (Phi) is 3.97. The van der Waals surface area contributed by atoms with E-state index in [2.05, 4.69) is 42.4 Å². The van der Waals surface area contributed by atoms with Crippen LogP contribution in [0.1, 0.15) is 31.1 Å². The van der Waals surface area contributed by atoms with Gasteiger partial charge in [0.15, 0.2) is 0 Å². The number of rotatable bonds is 4. The van der Waals surface area contributed by atoms with Gasteiger partial charge in [0.1, 0.15) is 0 Å². The summed E-state index contributed by atoms with van der Waals surface area (Å²) >= 11 is 1.78. The number of nitrogens with one attached hydrogen (secondary N) is 1. The van der Waals surface area contributed by atoms with Gasteiger partial charge in [0.2, 0.25) is 0 Å². The van der Waals surface area contributed by atoms with Gasteiger partial charge in [-0.1, -0.05) is 25.6 Å². The zero-order valence-electron chi connectivity index (χ0n) is 9.83. The van der Waals surface area contributed by atoms with Crippen LogP contribution < -0.4 is 5.32 Å². The Morgan fingerprint density at radius 1 is 1.62 bits per heavy atom. The molecular weight excluding hydrogens is 214 g/mol. The van der Waals surface area contributed by atoms with Crippen LogP contribution in [0.15, 0.2) is 35.7 Å². The topological polar surface area (TPSA) is 12.0 Å². The minimum absolute atomic E-state index is 0.671. The van der Waals surface area contributed by atoms with E-state index in [9.17, 15) is 0 Å². The molecule has 1 unspecified atom stereocenters. The molecule has 0 radical (unpaired) electrons. The van der Waals surface area contributed by atoms with E-state index in [4.69, 9.17) is 0 Å². The molecule has 0 aromatic carbocycles. The van der Waals surface area contributed by atoms with Gasteiger partial charge in [0, 0.05) is 10.9 Å². The molecule has 1 nitrogen and oxygen atoms in total. The van der Waals surface area contributed by atoms with Gasteiger partial charge in [-0.25, -0.2) is 0 Å². The molecule has 2 rings (SSSR count). The first-order valence-electron chi connectivity index (χ1n) is 5.97. The number of thiophene rings is 1. The van der Waals surface area contributed by atoms with Crippen molar-refractivity contribution in [1.82, 2.24) is 5.32 Å². The zero-order valence-corrected chi connectivity index (χ0v) is 10.6. The molecule has 1 aromatic rings. The van der Waals surface area contributed by atoms with Crippen molar-refractivity contribution in [2.24, 2.45) is 0 Å². The highest BCUT2D eigenvalue weighted by molar-refractivity contribution is 7.11. The summed E-state index contributed by atoms with van der Waals surface area (Å²) in [5.74, 6) is 0. The fourth-order valence-electron chi connectivity index (χ4n) is 2.19. The van der Waals surface area contributed by atoms with E-state index in [0.29, 0.717) is 6.04 Å². The van der Waals surface area contributed by atoms with Crippen LogP contribution in [0, 0.1) is 0 Å². The van der Waals surface area contributed by atoms with E-state index in [1.54, 1.807) is 11.3 Å². The van der Waals surface area contributed by atoms with Crippen molar-refractivity contribution in [2.75, 3.05) is 6.54 Å². The zero-order chi connectivity index (χ0) is 11.4. The highest BCUT2D eigenvalue weighted by Gasteiger charge is 2.15. The Labute approximate surface area is 102 Å². The Morgan fingerprint density at radius 3 is 3.06 bits per heavy atom. The first kappa shape index (κ1) is 11.6. The van der Waals surface area contributed by atoms with Crippen LogP contribution in [0.2, 0.25) is 0 Å². The highest BCUT2D eigenvalue weighted by Crippen LogP contribution is 2.31. The fourth-order valence-corrected chi connectivity index (χ4v) is 2.93. The average Bonchev–Trinajstić information content (AvgIpc) is 2.83. The van der Waals surface area contributed by atoms with Crippen molar-refractivity contribution in [3.05, 3.63) is 40.6 Å². The number of hydrogen-bond donors (Lipinski definition) is 1. The van der Waals surface area contributed by atoms with Crippen molar-refractivity contribution in [2.45, 2.75) is 32.2 Å². The Hall–Kier alpha value is -0.860. The summed E-state index contributed by atoms with van der Waals surface area (Å²) in [6, 6.07) is 4.92. The van der Waals surface area contributed by atoms with E-state index in [1.807, 2.05) is 0 Å². The van der Waals surface area contributed by atoms with Gasteiger partial charge in [-0.15, -0.1) is 11.3 Å². The van der Waals surface area contributed by atoms with Crippen LogP contribution in [0.3, 0.4) is 0 Å². The van der Waals surface area contributed by atoms with Gasteiger partial charge in [-0.2, -0.15) is 0 Å². The van der Waals surface area contributed by atoms with Crippen LogP contribution in [0.4, 0.5) is 0 Å². The second kappa shape index (κ2) is 5.46. The number of hydrogen-bond acceptors (Lipinski definition) is 2. The van der Waals surface area contributed by atoms with Gasteiger partial charge in [0.05, 0.1) is 0 Å². The molecule has 16 heavy (non-hydrogen) atoms. The molecule has 0 aliphatic heterocycles. The summed E-state index contributed by atoms with van der Waals surface area (Å²) in [6.45, 7) is 7.45. The third-order valence-corrected chi connectivity index (χ3v) is 4.04. The molecule has 1 N–H and O–H groups in total. The minimum atomic E-state index is 0.671. The predicted octanol–water partition coefficient (Wildman–Crippen LogP) is 3.85. The minimum Gasteiger partial charge on any atom is -0.314 e. The molecule has 0 bridgehead atoms. The molecule has 1 atom stereocenters. The van der Waals surface area contributed by atoms with Crippen molar-refractivity contribution in [3.8, 4) is 0 Å². The van der Waals surface area contributed by atoms with Gasteiger partial charge in [-0.05, 0) is 48.4 Å². The molecule has 86 valence electrons. The molecule has 1 aromatic heterocycles. The van der Waals surface area contributed by atoms with Gasteiger partial charge < -0.3 is 5.32 Å². The van der Waals surface area contributed by atoms with E-state index in [-0.39, 0.29) is 0 Å². The quantitative estimate of drug-likeness (QED) is 0.833. The van der Waals surface area contributed by atoms with Crippen LogP contribution in [0.25, 0.3) is 5.57 Å². The Bertz CT molecular complexity index is 375. The molecule has 2 heteroatoms. The van der Waals surface area contributed by atoms with Crippen LogP contribution in [0.5, 0.6) is 0 Å². The van der Waals surface area contributed by atoms with Crippen molar-refractivity contribution < 1.29 is 0 Å². The smallest absolute Gasteiger partial charge is 0.0339 e. The second-order valence-electron chi connectivity index (χ2n) is 4.21. The lowest BCUT2D eigenvalue weighted by molar-refractivity contribution is 0.484. The Morgan fingerprint density at radius 2 is 2.50 bits per heavy atom. The predicted molar refractivity (Wildman–Crippen MR) is 72.8 cm³/mol. The fraction of sp³-hybridized carbons (Fsp3) is 0.429. The lowest BCUT2D eigenvalue weighted by atomic mass is 9.90. The summed E-state index contributed by atoms with van der Waals surface area (Å²) in [5, 5.41) is 5.62. The SMILES string of the molecule is C=C(C1=CCC(NCC)CC1)c1cccs1. The first-order chi connectivity index (χ1) is 7.81. The third-order valence-electron chi connectivity index (χ3n) is 3.11. The first-order valence-corrected chi connectivity index (χ1v) is 6.84. The summed E-state index contributed by atoms with van der Waals surface area (Å²) < 4.78 is 0. The summed E-state index contributed by atoms with van der Waals surface area (Å²) in [6.07, 6.45) is 5.91. The van der Waals surface area contributed by atoms with E-state index in [1.165, 1.54) is 22.4 Å². The van der Waals surface area contributed by atoms with E-state index < -0.39 is 0 Å². The summed E-state index contributed by atoms with van der Waals surface area (Å²) in [4.78, 5) is 1.31. The van der Waals surface area contributed by atoms with Crippen LogP contribution in [-0.4, -0.2) is 12.6 Å². The molecule has 0 amide bonds. The Balaban J connectivity index is 2.00. The molecule has 0 fully saturated rings. The number of allylic oxidation sites excluding steroid dienone is 2. The molecular formula is C14H19NS. The van der Waals surface area contributed by atoms with Crippen molar-refractivity contribution >= 4 is 16.9 Å². The lowest BCUT2D eigenvalue weighted by Crippen LogP contribution is -2.30. The van der Waals surface area contributed by atoms with E-state index >= 15 is 0 Å². The summed E-state index contributed by atoms with van der Waals surface area (Å²) in [7, 11) is 0.